The van der Waals surface area contributed by atoms with Gasteiger partial charge in [-0.2, -0.15) is 0 Å². The summed E-state index contributed by atoms with van der Waals surface area (Å²) in [5, 5.41) is 17.9. The maximum absolute atomic E-state index is 12.9. The van der Waals surface area contributed by atoms with Crippen molar-refractivity contribution in [2.75, 3.05) is 7.11 Å². The number of rotatable bonds is 8. The molecule has 0 radical (unpaired) electrons. The summed E-state index contributed by atoms with van der Waals surface area (Å²) < 4.78 is 5.34. The average molecular weight is 447 g/mol. The molecule has 0 saturated heterocycles. The number of aromatic amines is 1. The molecule has 7 nitrogen and oxygen atoms in total. The van der Waals surface area contributed by atoms with E-state index in [1.54, 1.807) is 13.3 Å². The Bertz CT molecular complexity index is 1100. The molecule has 2 fully saturated rings. The van der Waals surface area contributed by atoms with E-state index in [4.69, 9.17) is 4.74 Å². The SMILES string of the molecule is COc1cccc(CN[C@@H]2C[C@H](C(=O)NC3CC3)[C@@H](O)[C@H]2c2cnc(-c3ccccc3)[nH]2)c1. The molecule has 2 aliphatic rings. The van der Waals surface area contributed by atoms with Gasteiger partial charge in [-0.15, -0.1) is 0 Å². The first-order chi connectivity index (χ1) is 16.1. The van der Waals surface area contributed by atoms with Gasteiger partial charge in [-0.25, -0.2) is 4.98 Å². The first-order valence-corrected chi connectivity index (χ1v) is 11.6. The zero-order valence-corrected chi connectivity index (χ0v) is 18.7. The zero-order valence-electron chi connectivity index (χ0n) is 18.7. The van der Waals surface area contributed by atoms with Gasteiger partial charge in [0.2, 0.25) is 5.91 Å². The van der Waals surface area contributed by atoms with Crippen LogP contribution in [0.25, 0.3) is 11.4 Å². The van der Waals surface area contributed by atoms with Crippen LogP contribution in [0, 0.1) is 5.92 Å². The number of hydrogen-bond donors (Lipinski definition) is 4. The van der Waals surface area contributed by atoms with E-state index >= 15 is 0 Å². The third kappa shape index (κ3) is 4.79. The van der Waals surface area contributed by atoms with Crippen molar-refractivity contribution in [3.8, 4) is 17.1 Å². The molecule has 1 heterocycles. The molecule has 0 aliphatic heterocycles. The number of amides is 1. The standard InChI is InChI=1S/C26H30N4O3/c1-33-19-9-5-6-16(12-19)14-27-21-13-20(26(32)29-18-10-11-18)24(31)23(21)22-15-28-25(30-22)17-7-3-2-4-8-17/h2-9,12,15,18,20-21,23-24,27,31H,10-11,13-14H2,1H3,(H,28,30)(H,29,32)/t20-,21+,23+,24+/m0/s1. The number of carbonyl (C=O) groups excluding carboxylic acids is 1. The Balaban J connectivity index is 1.37. The van der Waals surface area contributed by atoms with E-state index in [1.165, 1.54) is 0 Å². The second kappa shape index (κ2) is 9.37. The minimum Gasteiger partial charge on any atom is -0.497 e. The van der Waals surface area contributed by atoms with Gasteiger partial charge in [-0.05, 0) is 37.0 Å². The summed E-state index contributed by atoms with van der Waals surface area (Å²) >= 11 is 0. The summed E-state index contributed by atoms with van der Waals surface area (Å²) in [6, 6.07) is 18.0. The van der Waals surface area contributed by atoms with Crippen LogP contribution < -0.4 is 15.4 Å². The topological polar surface area (TPSA) is 99.3 Å². The van der Waals surface area contributed by atoms with Gasteiger partial charge in [0, 0.05) is 42.0 Å². The fourth-order valence-electron chi connectivity index (χ4n) is 4.74. The smallest absolute Gasteiger partial charge is 0.226 e. The van der Waals surface area contributed by atoms with Crippen LogP contribution in [0.5, 0.6) is 5.75 Å². The van der Waals surface area contributed by atoms with Gasteiger partial charge >= 0.3 is 0 Å². The molecule has 4 atom stereocenters. The Morgan fingerprint density at radius 3 is 2.76 bits per heavy atom. The van der Waals surface area contributed by atoms with Crippen molar-refractivity contribution in [3.05, 3.63) is 72.1 Å². The summed E-state index contributed by atoms with van der Waals surface area (Å²) in [6.07, 6.45) is 3.61. The molecule has 1 aromatic heterocycles. The van der Waals surface area contributed by atoms with Crippen LogP contribution in [0.2, 0.25) is 0 Å². The lowest BCUT2D eigenvalue weighted by Crippen LogP contribution is -2.37. The predicted molar refractivity (Wildman–Crippen MR) is 126 cm³/mol. The van der Waals surface area contributed by atoms with E-state index in [9.17, 15) is 9.90 Å². The van der Waals surface area contributed by atoms with Crippen molar-refractivity contribution in [3.63, 3.8) is 0 Å². The molecule has 0 spiro atoms. The first kappa shape index (κ1) is 21.7. The fourth-order valence-corrected chi connectivity index (χ4v) is 4.74. The molecule has 4 N–H and O–H groups in total. The highest BCUT2D eigenvalue weighted by molar-refractivity contribution is 5.80. The van der Waals surface area contributed by atoms with Gasteiger partial charge in [-0.3, -0.25) is 4.79 Å². The Morgan fingerprint density at radius 1 is 1.18 bits per heavy atom. The highest BCUT2D eigenvalue weighted by atomic mass is 16.5. The minimum absolute atomic E-state index is 0.0523. The summed E-state index contributed by atoms with van der Waals surface area (Å²) in [7, 11) is 1.65. The van der Waals surface area contributed by atoms with E-state index in [0.29, 0.717) is 13.0 Å². The van der Waals surface area contributed by atoms with Crippen LogP contribution in [0.3, 0.4) is 0 Å². The molecule has 2 aliphatic carbocycles. The van der Waals surface area contributed by atoms with Crippen LogP contribution in [-0.4, -0.2) is 46.3 Å². The van der Waals surface area contributed by atoms with E-state index in [-0.39, 0.29) is 23.9 Å². The van der Waals surface area contributed by atoms with Crippen LogP contribution >= 0.6 is 0 Å². The zero-order chi connectivity index (χ0) is 22.8. The molecule has 7 heteroatoms. The van der Waals surface area contributed by atoms with Gasteiger partial charge < -0.3 is 25.5 Å². The number of nitrogens with one attached hydrogen (secondary N) is 3. The summed E-state index contributed by atoms with van der Waals surface area (Å²) in [4.78, 5) is 20.8. The van der Waals surface area contributed by atoms with Crippen LogP contribution in [0.1, 0.15) is 36.4 Å². The molecule has 0 unspecified atom stereocenters. The predicted octanol–water partition coefficient (Wildman–Crippen LogP) is 2.99. The third-order valence-electron chi connectivity index (χ3n) is 6.69. The molecule has 33 heavy (non-hydrogen) atoms. The Hall–Kier alpha value is -3.16. The molecule has 2 saturated carbocycles. The average Bonchev–Trinajstić information content (AvgIpc) is 3.41. The largest absolute Gasteiger partial charge is 0.497 e. The molecular weight excluding hydrogens is 416 g/mol. The number of H-pyrrole nitrogens is 1. The lowest BCUT2D eigenvalue weighted by atomic mass is 9.96. The Kier molecular flexibility index (Phi) is 6.15. The number of imidazole rings is 1. The Labute approximate surface area is 193 Å². The van der Waals surface area contributed by atoms with Crippen molar-refractivity contribution in [2.24, 2.45) is 5.92 Å². The van der Waals surface area contributed by atoms with Crippen LogP contribution in [0.4, 0.5) is 0 Å². The molecule has 3 aromatic rings. The van der Waals surface area contributed by atoms with E-state index in [0.717, 1.165) is 41.2 Å². The van der Waals surface area contributed by atoms with E-state index < -0.39 is 12.0 Å². The summed E-state index contributed by atoms with van der Waals surface area (Å²) in [6.45, 7) is 0.613. The highest BCUT2D eigenvalue weighted by Crippen LogP contribution is 2.40. The van der Waals surface area contributed by atoms with Crippen molar-refractivity contribution in [2.45, 2.75) is 49.9 Å². The molecular formula is C26H30N4O3. The second-order valence-electron chi connectivity index (χ2n) is 9.03. The number of ether oxygens (including phenoxy) is 1. The van der Waals surface area contributed by atoms with Crippen molar-refractivity contribution >= 4 is 5.91 Å². The quantitative estimate of drug-likeness (QED) is 0.426. The second-order valence-corrected chi connectivity index (χ2v) is 9.03. The lowest BCUT2D eigenvalue weighted by Gasteiger charge is -2.22. The van der Waals surface area contributed by atoms with Crippen molar-refractivity contribution in [1.29, 1.82) is 0 Å². The number of methoxy groups -OCH3 is 1. The Morgan fingerprint density at radius 2 is 2.00 bits per heavy atom. The lowest BCUT2D eigenvalue weighted by molar-refractivity contribution is -0.127. The molecule has 172 valence electrons. The van der Waals surface area contributed by atoms with Crippen molar-refractivity contribution < 1.29 is 14.6 Å². The molecule has 1 amide bonds. The summed E-state index contributed by atoms with van der Waals surface area (Å²) in [5.74, 6) is 0.788. The summed E-state index contributed by atoms with van der Waals surface area (Å²) in [5.41, 5.74) is 2.91. The maximum atomic E-state index is 12.9. The number of aliphatic hydroxyl groups is 1. The van der Waals surface area contributed by atoms with Crippen LogP contribution in [0.15, 0.2) is 60.8 Å². The van der Waals surface area contributed by atoms with Gasteiger partial charge in [-0.1, -0.05) is 42.5 Å². The minimum atomic E-state index is -0.796. The van der Waals surface area contributed by atoms with Gasteiger partial charge in [0.1, 0.15) is 11.6 Å². The fraction of sp³-hybridized carbons (Fsp3) is 0.385. The number of aromatic nitrogens is 2. The van der Waals surface area contributed by atoms with Gasteiger partial charge in [0.05, 0.1) is 19.1 Å². The third-order valence-corrected chi connectivity index (χ3v) is 6.69. The van der Waals surface area contributed by atoms with E-state index in [1.807, 2.05) is 54.6 Å². The molecule has 2 aromatic carbocycles. The van der Waals surface area contributed by atoms with Crippen LogP contribution in [-0.2, 0) is 11.3 Å². The molecule has 5 rings (SSSR count). The maximum Gasteiger partial charge on any atom is 0.226 e. The number of aliphatic hydroxyl groups excluding tert-OH is 1. The number of carbonyl (C=O) groups is 1. The normalized spacial score (nSPS) is 24.5. The first-order valence-electron chi connectivity index (χ1n) is 11.6. The highest BCUT2D eigenvalue weighted by Gasteiger charge is 2.47. The number of hydrogen-bond acceptors (Lipinski definition) is 5. The number of benzene rings is 2. The monoisotopic (exact) mass is 446 g/mol. The molecule has 0 bridgehead atoms. The van der Waals surface area contributed by atoms with Gasteiger partial charge in [0.25, 0.3) is 0 Å². The van der Waals surface area contributed by atoms with Gasteiger partial charge in [0.15, 0.2) is 0 Å². The number of nitrogens with zero attached hydrogens (tertiary/aromatic N) is 1. The van der Waals surface area contributed by atoms with E-state index in [2.05, 4.69) is 20.6 Å². The van der Waals surface area contributed by atoms with Crippen molar-refractivity contribution in [1.82, 2.24) is 20.6 Å².